The molecule has 3 fully saturated rings. The third-order valence-corrected chi connectivity index (χ3v) is 7.66. The van der Waals surface area contributed by atoms with E-state index in [0.717, 1.165) is 66.5 Å². The number of hydrogen-bond donors (Lipinski definition) is 3. The number of fused-ring (bicyclic) bond motifs is 3. The Bertz CT molecular complexity index is 1190. The van der Waals surface area contributed by atoms with Crippen LogP contribution in [0.2, 0.25) is 0 Å². The van der Waals surface area contributed by atoms with E-state index in [1.807, 2.05) is 18.3 Å². The SMILES string of the molecule is CN1CC(c2cc(Nc3cc4ncccc4c(NC4C[C@H]5CC[C@@H](C4)N5CCC#N)n3)n[nH]2)C1. The molecule has 0 amide bonds. The van der Waals surface area contributed by atoms with Gasteiger partial charge in [0.1, 0.15) is 11.6 Å². The molecule has 3 aromatic rings. The summed E-state index contributed by atoms with van der Waals surface area (Å²) in [4.78, 5) is 14.4. The molecule has 3 saturated heterocycles. The zero-order chi connectivity index (χ0) is 23.1. The molecular formula is C25H31N9. The molecule has 1 unspecified atom stereocenters. The van der Waals surface area contributed by atoms with E-state index < -0.39 is 0 Å². The van der Waals surface area contributed by atoms with Gasteiger partial charge in [-0.2, -0.15) is 10.4 Å². The van der Waals surface area contributed by atoms with E-state index in [1.54, 1.807) is 0 Å². The Morgan fingerprint density at radius 3 is 2.76 bits per heavy atom. The summed E-state index contributed by atoms with van der Waals surface area (Å²) >= 11 is 0. The molecule has 0 aromatic carbocycles. The van der Waals surface area contributed by atoms with E-state index in [2.05, 4.69) is 60.9 Å². The summed E-state index contributed by atoms with van der Waals surface area (Å²) < 4.78 is 0. The molecule has 9 heteroatoms. The Morgan fingerprint density at radius 2 is 2.00 bits per heavy atom. The summed E-state index contributed by atoms with van der Waals surface area (Å²) in [6, 6.07) is 11.9. The molecule has 6 heterocycles. The van der Waals surface area contributed by atoms with E-state index in [4.69, 9.17) is 10.2 Å². The minimum Gasteiger partial charge on any atom is -0.367 e. The van der Waals surface area contributed by atoms with Gasteiger partial charge < -0.3 is 15.5 Å². The van der Waals surface area contributed by atoms with Crippen LogP contribution >= 0.6 is 0 Å². The summed E-state index contributed by atoms with van der Waals surface area (Å²) in [5.74, 6) is 2.92. The molecule has 3 aromatic heterocycles. The average Bonchev–Trinajstić information content (AvgIpc) is 3.36. The number of H-pyrrole nitrogens is 1. The molecule has 0 spiro atoms. The van der Waals surface area contributed by atoms with Crippen LogP contribution in [-0.2, 0) is 0 Å². The molecule has 3 aliphatic rings. The predicted molar refractivity (Wildman–Crippen MR) is 132 cm³/mol. The van der Waals surface area contributed by atoms with Crippen LogP contribution in [0.25, 0.3) is 10.9 Å². The highest BCUT2D eigenvalue weighted by Gasteiger charge is 2.40. The number of nitrogens with zero attached hydrogens (tertiary/aromatic N) is 6. The van der Waals surface area contributed by atoms with Gasteiger partial charge in [0.2, 0.25) is 0 Å². The fraction of sp³-hybridized carbons (Fsp3) is 0.520. The maximum absolute atomic E-state index is 9.01. The van der Waals surface area contributed by atoms with Crippen LogP contribution in [0.1, 0.15) is 43.7 Å². The van der Waals surface area contributed by atoms with Crippen molar-refractivity contribution in [1.82, 2.24) is 30.0 Å². The second kappa shape index (κ2) is 8.85. The summed E-state index contributed by atoms with van der Waals surface area (Å²) in [7, 11) is 2.13. The number of hydrogen-bond acceptors (Lipinski definition) is 8. The minimum atomic E-state index is 0.370. The topological polar surface area (TPSA) is 109 Å². The molecule has 176 valence electrons. The number of rotatable bonds is 7. The first kappa shape index (κ1) is 21.3. The molecule has 0 aliphatic carbocycles. The standard InChI is InChI=1S/C25H31N9/c1-33-14-16(15-33)21-12-24(32-31-21)29-23-13-22-20(4-2-8-27-22)25(30-23)28-17-10-18-5-6-19(11-17)34(18)9-3-7-26/h2,4,8,12-13,16-19H,3,5-6,9-11,14-15H2,1H3,(H3,28,29,30,31,32)/t17?,18-,19+. The zero-order valence-electron chi connectivity index (χ0n) is 19.5. The van der Waals surface area contributed by atoms with Gasteiger partial charge in [0.25, 0.3) is 0 Å². The Morgan fingerprint density at radius 1 is 1.18 bits per heavy atom. The highest BCUT2D eigenvalue weighted by molar-refractivity contribution is 5.91. The Labute approximate surface area is 199 Å². The summed E-state index contributed by atoms with van der Waals surface area (Å²) in [5, 5.41) is 24.8. The lowest BCUT2D eigenvalue weighted by molar-refractivity contribution is 0.136. The fourth-order valence-electron chi connectivity index (χ4n) is 6.02. The van der Waals surface area contributed by atoms with Crippen molar-refractivity contribution in [1.29, 1.82) is 5.26 Å². The van der Waals surface area contributed by atoms with Gasteiger partial charge in [-0.3, -0.25) is 15.0 Å². The van der Waals surface area contributed by atoms with Gasteiger partial charge in [0.05, 0.1) is 11.6 Å². The van der Waals surface area contributed by atoms with Crippen LogP contribution < -0.4 is 10.6 Å². The van der Waals surface area contributed by atoms with E-state index in [0.29, 0.717) is 30.5 Å². The molecule has 9 nitrogen and oxygen atoms in total. The largest absolute Gasteiger partial charge is 0.367 e. The number of nitrogens with one attached hydrogen (secondary N) is 3. The molecule has 6 rings (SSSR count). The third-order valence-electron chi connectivity index (χ3n) is 7.66. The lowest BCUT2D eigenvalue weighted by atomic mass is 9.97. The average molecular weight is 458 g/mol. The molecule has 3 aliphatic heterocycles. The van der Waals surface area contributed by atoms with Crippen molar-refractivity contribution in [3.8, 4) is 6.07 Å². The van der Waals surface area contributed by atoms with Crippen molar-refractivity contribution in [2.24, 2.45) is 0 Å². The molecule has 0 saturated carbocycles. The lowest BCUT2D eigenvalue weighted by Crippen LogP contribution is -2.47. The normalized spacial score (nSPS) is 25.2. The van der Waals surface area contributed by atoms with Crippen LogP contribution in [0.5, 0.6) is 0 Å². The van der Waals surface area contributed by atoms with E-state index in [-0.39, 0.29) is 0 Å². The molecule has 3 N–H and O–H groups in total. The first-order valence-corrected chi connectivity index (χ1v) is 12.3. The van der Waals surface area contributed by atoms with Gasteiger partial charge in [-0.25, -0.2) is 4.98 Å². The quantitative estimate of drug-likeness (QED) is 0.495. The molecule has 3 atom stereocenters. The highest BCUT2D eigenvalue weighted by atomic mass is 15.2. The molecule has 2 bridgehead atoms. The lowest BCUT2D eigenvalue weighted by Gasteiger charge is -2.39. The van der Waals surface area contributed by atoms with Crippen molar-refractivity contribution < 1.29 is 0 Å². The van der Waals surface area contributed by atoms with E-state index in [1.165, 1.54) is 12.8 Å². The molecular weight excluding hydrogens is 426 g/mol. The zero-order valence-corrected chi connectivity index (χ0v) is 19.5. The Hall–Kier alpha value is -3.22. The number of aromatic nitrogens is 4. The third kappa shape index (κ3) is 4.08. The van der Waals surface area contributed by atoms with Crippen molar-refractivity contribution >= 4 is 28.4 Å². The van der Waals surface area contributed by atoms with Crippen LogP contribution in [0, 0.1) is 11.3 Å². The van der Waals surface area contributed by atoms with Crippen LogP contribution in [0.4, 0.5) is 17.5 Å². The number of likely N-dealkylation sites (N-methyl/N-ethyl adjacent to an activating group) is 1. The molecule has 0 radical (unpaired) electrons. The predicted octanol–water partition coefficient (Wildman–Crippen LogP) is 3.45. The summed E-state index contributed by atoms with van der Waals surface area (Å²) in [6.45, 7) is 3.02. The maximum atomic E-state index is 9.01. The van der Waals surface area contributed by atoms with Gasteiger partial charge >= 0.3 is 0 Å². The van der Waals surface area contributed by atoms with Crippen molar-refractivity contribution in [2.75, 3.05) is 37.3 Å². The van der Waals surface area contributed by atoms with Crippen LogP contribution in [0.15, 0.2) is 30.5 Å². The Balaban J connectivity index is 1.21. The van der Waals surface area contributed by atoms with E-state index in [9.17, 15) is 0 Å². The first-order chi connectivity index (χ1) is 16.7. The van der Waals surface area contributed by atoms with Gasteiger partial charge in [0, 0.05) is 79.5 Å². The number of pyridine rings is 2. The number of anilines is 3. The monoisotopic (exact) mass is 457 g/mol. The number of piperidine rings is 1. The number of aromatic amines is 1. The highest BCUT2D eigenvalue weighted by Crippen LogP contribution is 2.37. The first-order valence-electron chi connectivity index (χ1n) is 12.3. The summed E-state index contributed by atoms with van der Waals surface area (Å²) in [6.07, 6.45) is 7.06. The van der Waals surface area contributed by atoms with Gasteiger partial charge in [0.15, 0.2) is 5.82 Å². The van der Waals surface area contributed by atoms with Crippen LogP contribution in [-0.4, -0.2) is 74.8 Å². The van der Waals surface area contributed by atoms with Crippen molar-refractivity contribution in [3.63, 3.8) is 0 Å². The fourth-order valence-corrected chi connectivity index (χ4v) is 6.02. The second-order valence-electron chi connectivity index (χ2n) is 10.0. The Kier molecular flexibility index (Phi) is 5.55. The number of nitriles is 1. The van der Waals surface area contributed by atoms with Crippen molar-refractivity contribution in [3.05, 3.63) is 36.2 Å². The van der Waals surface area contributed by atoms with E-state index >= 15 is 0 Å². The second-order valence-corrected chi connectivity index (χ2v) is 10.0. The molecule has 34 heavy (non-hydrogen) atoms. The van der Waals surface area contributed by atoms with Gasteiger partial charge in [-0.15, -0.1) is 0 Å². The van der Waals surface area contributed by atoms with Crippen LogP contribution in [0.3, 0.4) is 0 Å². The summed E-state index contributed by atoms with van der Waals surface area (Å²) in [5.41, 5.74) is 2.07. The number of likely N-dealkylation sites (tertiary alicyclic amines) is 1. The van der Waals surface area contributed by atoms with Gasteiger partial charge in [-0.05, 0) is 44.9 Å². The van der Waals surface area contributed by atoms with Gasteiger partial charge in [-0.1, -0.05) is 0 Å². The minimum absolute atomic E-state index is 0.370. The van der Waals surface area contributed by atoms with Crippen molar-refractivity contribution in [2.45, 2.75) is 56.1 Å². The smallest absolute Gasteiger partial charge is 0.153 e. The maximum Gasteiger partial charge on any atom is 0.153 e.